The van der Waals surface area contributed by atoms with Crippen LogP contribution in [0.25, 0.3) is 12.2 Å². The number of nitrogens with zero attached hydrogens (tertiary/aromatic N) is 4. The summed E-state index contributed by atoms with van der Waals surface area (Å²) in [6.07, 6.45) is 12.8. The first kappa shape index (κ1) is 20.8. The van der Waals surface area contributed by atoms with Gasteiger partial charge in [0.15, 0.2) is 0 Å². The number of fused-ring (bicyclic) bond motifs is 1. The average Bonchev–Trinajstić information content (AvgIpc) is 3.19. The van der Waals surface area contributed by atoms with Crippen LogP contribution in [0.3, 0.4) is 0 Å². The second-order valence-electron chi connectivity index (χ2n) is 7.51. The summed E-state index contributed by atoms with van der Waals surface area (Å²) >= 11 is 12.0. The van der Waals surface area contributed by atoms with Crippen molar-refractivity contribution in [1.82, 2.24) is 5.01 Å². The largest absolute Gasteiger partial charge is 0.269 e. The monoisotopic (exact) mass is 438 g/mol. The predicted octanol–water partition coefficient (Wildman–Crippen LogP) is 7.11. The highest BCUT2D eigenvalue weighted by molar-refractivity contribution is 6.30. The minimum Gasteiger partial charge on any atom is -0.269 e. The zero-order valence-electron chi connectivity index (χ0n) is 16.7. The Kier molecular flexibility index (Phi) is 6.98. The van der Waals surface area contributed by atoms with Crippen LogP contribution in [-0.2, 0) is 0 Å². The van der Waals surface area contributed by atoms with Crippen molar-refractivity contribution in [3.05, 3.63) is 81.9 Å². The molecule has 2 aliphatic rings. The van der Waals surface area contributed by atoms with Crippen molar-refractivity contribution in [2.45, 2.75) is 37.8 Å². The first-order valence-corrected chi connectivity index (χ1v) is 11.0. The van der Waals surface area contributed by atoms with Crippen molar-refractivity contribution < 1.29 is 0 Å². The smallest absolute Gasteiger partial charge is 0.128 e. The molecule has 1 aliphatic carbocycles. The third-order valence-corrected chi connectivity index (χ3v) is 5.84. The van der Waals surface area contributed by atoms with E-state index >= 15 is 0 Å². The fourth-order valence-electron chi connectivity index (χ4n) is 3.67. The molecule has 30 heavy (non-hydrogen) atoms. The summed E-state index contributed by atoms with van der Waals surface area (Å²) in [7, 11) is 0. The van der Waals surface area contributed by atoms with Gasteiger partial charge >= 0.3 is 0 Å². The number of aliphatic imine (C=N–C) groups is 1. The Morgan fingerprint density at radius 2 is 1.50 bits per heavy atom. The molecule has 6 heteroatoms. The third-order valence-electron chi connectivity index (χ3n) is 5.34. The van der Waals surface area contributed by atoms with Crippen LogP contribution in [-0.4, -0.2) is 29.5 Å². The molecule has 1 atom stereocenters. The van der Waals surface area contributed by atoms with E-state index in [-0.39, 0.29) is 6.04 Å². The van der Waals surface area contributed by atoms with Crippen LogP contribution in [0, 0.1) is 0 Å². The average molecular weight is 439 g/mol. The molecule has 154 valence electrons. The maximum Gasteiger partial charge on any atom is 0.128 e. The number of rotatable bonds is 6. The topological polar surface area (TPSA) is 40.3 Å². The van der Waals surface area contributed by atoms with Crippen molar-refractivity contribution in [2.75, 3.05) is 6.67 Å². The maximum absolute atomic E-state index is 5.99. The van der Waals surface area contributed by atoms with Crippen LogP contribution in [0.2, 0.25) is 10.0 Å². The van der Waals surface area contributed by atoms with Gasteiger partial charge in [-0.2, -0.15) is 5.11 Å². The summed E-state index contributed by atoms with van der Waals surface area (Å²) in [6, 6.07) is 15.6. The minimum atomic E-state index is -0.191. The van der Waals surface area contributed by atoms with Gasteiger partial charge in [-0.05, 0) is 54.7 Å². The van der Waals surface area contributed by atoms with Crippen LogP contribution >= 0.6 is 23.2 Å². The van der Waals surface area contributed by atoms with Gasteiger partial charge in [-0.15, -0.1) is 0 Å². The molecule has 0 N–H and O–H groups in total. The molecule has 0 amide bonds. The van der Waals surface area contributed by atoms with E-state index < -0.39 is 0 Å². The highest BCUT2D eigenvalue weighted by Gasteiger charge is 2.30. The molecule has 0 spiro atoms. The van der Waals surface area contributed by atoms with Gasteiger partial charge in [-0.1, -0.05) is 83.4 Å². The maximum atomic E-state index is 5.99. The second kappa shape index (κ2) is 10.1. The quantitative estimate of drug-likeness (QED) is 0.442. The number of hydrogen-bond acceptors (Lipinski definition) is 3. The molecular formula is C24H24Cl2N4. The highest BCUT2D eigenvalue weighted by Crippen LogP contribution is 2.26. The first-order chi connectivity index (χ1) is 14.7. The van der Waals surface area contributed by atoms with E-state index in [1.165, 1.54) is 18.6 Å². The molecule has 0 bridgehead atoms. The first-order valence-electron chi connectivity index (χ1n) is 10.3. The summed E-state index contributed by atoms with van der Waals surface area (Å²) < 4.78 is 0. The standard InChI is InChI=1S/C24H24Cl2N4/c25-20-11-5-18(6-12-20)9-15-22(16-10-19-7-13-21(26)14-8-19)28-29-30-17-27-23-3-1-2-4-24(23)30/h5-16,22,24H,1-4,17H2. The Hall–Kier alpha value is -2.43. The van der Waals surface area contributed by atoms with Gasteiger partial charge < -0.3 is 0 Å². The lowest BCUT2D eigenvalue weighted by atomic mass is 9.94. The lowest BCUT2D eigenvalue weighted by Crippen LogP contribution is -2.33. The zero-order valence-corrected chi connectivity index (χ0v) is 18.2. The molecule has 2 aromatic rings. The lowest BCUT2D eigenvalue weighted by molar-refractivity contribution is 0.242. The Bertz CT molecular complexity index is 906. The fraction of sp³-hybridized carbons (Fsp3) is 0.292. The Morgan fingerprint density at radius 1 is 0.900 bits per heavy atom. The molecule has 4 nitrogen and oxygen atoms in total. The van der Waals surface area contributed by atoms with Gasteiger partial charge in [0.05, 0.1) is 6.04 Å². The predicted molar refractivity (Wildman–Crippen MR) is 126 cm³/mol. The summed E-state index contributed by atoms with van der Waals surface area (Å²) in [5.74, 6) is 0. The normalized spacial score (nSPS) is 20.3. The minimum absolute atomic E-state index is 0.191. The zero-order chi connectivity index (χ0) is 20.8. The van der Waals surface area contributed by atoms with E-state index in [2.05, 4.69) is 15.3 Å². The molecule has 0 radical (unpaired) electrons. The van der Waals surface area contributed by atoms with Crippen molar-refractivity contribution in [3.63, 3.8) is 0 Å². The van der Waals surface area contributed by atoms with E-state index in [9.17, 15) is 0 Å². The lowest BCUT2D eigenvalue weighted by Gasteiger charge is -2.24. The van der Waals surface area contributed by atoms with Gasteiger partial charge in [0.1, 0.15) is 12.7 Å². The SMILES string of the molecule is Clc1ccc(C=CC(C=Cc2ccc(Cl)cc2)N=NN2CN=C3CCCCC32)cc1. The Labute approximate surface area is 187 Å². The van der Waals surface area contributed by atoms with Crippen LogP contribution in [0.4, 0.5) is 0 Å². The summed E-state index contributed by atoms with van der Waals surface area (Å²) in [5.41, 5.74) is 3.42. The van der Waals surface area contributed by atoms with Crippen molar-refractivity contribution >= 4 is 41.1 Å². The fourth-order valence-corrected chi connectivity index (χ4v) is 3.92. The number of hydrogen-bond donors (Lipinski definition) is 0. The molecular weight excluding hydrogens is 415 g/mol. The van der Waals surface area contributed by atoms with Crippen LogP contribution in [0.5, 0.6) is 0 Å². The molecule has 1 fully saturated rings. The van der Waals surface area contributed by atoms with Crippen molar-refractivity contribution in [2.24, 2.45) is 15.3 Å². The molecule has 4 rings (SSSR count). The van der Waals surface area contributed by atoms with E-state index in [0.29, 0.717) is 12.7 Å². The number of benzene rings is 2. The molecule has 1 aliphatic heterocycles. The highest BCUT2D eigenvalue weighted by atomic mass is 35.5. The van der Waals surface area contributed by atoms with Crippen LogP contribution < -0.4 is 0 Å². The molecule has 0 saturated heterocycles. The van der Waals surface area contributed by atoms with Crippen molar-refractivity contribution in [3.8, 4) is 0 Å². The van der Waals surface area contributed by atoms with E-state index in [1.54, 1.807) is 0 Å². The summed E-state index contributed by atoms with van der Waals surface area (Å²) in [5, 5.41) is 12.6. The summed E-state index contributed by atoms with van der Waals surface area (Å²) in [6.45, 7) is 0.609. The van der Waals surface area contributed by atoms with Gasteiger partial charge in [-0.3, -0.25) is 4.99 Å². The summed E-state index contributed by atoms with van der Waals surface area (Å²) in [4.78, 5) is 4.65. The molecule has 0 aromatic heterocycles. The van der Waals surface area contributed by atoms with E-state index in [1.807, 2.05) is 77.8 Å². The van der Waals surface area contributed by atoms with Gasteiger partial charge in [0.25, 0.3) is 0 Å². The third kappa shape index (κ3) is 5.59. The molecule has 2 aromatic carbocycles. The van der Waals surface area contributed by atoms with Crippen LogP contribution in [0.15, 0.2) is 76.0 Å². The van der Waals surface area contributed by atoms with E-state index in [4.69, 9.17) is 23.2 Å². The second-order valence-corrected chi connectivity index (χ2v) is 8.38. The molecule has 1 heterocycles. The Morgan fingerprint density at radius 3 is 2.10 bits per heavy atom. The van der Waals surface area contributed by atoms with E-state index in [0.717, 1.165) is 34.0 Å². The molecule has 1 unspecified atom stereocenters. The number of halogens is 2. The van der Waals surface area contributed by atoms with Gasteiger partial charge in [0, 0.05) is 15.8 Å². The van der Waals surface area contributed by atoms with Crippen molar-refractivity contribution in [1.29, 1.82) is 0 Å². The molecule has 1 saturated carbocycles. The Balaban J connectivity index is 1.50. The van der Waals surface area contributed by atoms with Gasteiger partial charge in [-0.25, -0.2) is 5.01 Å². The van der Waals surface area contributed by atoms with Gasteiger partial charge in [0.2, 0.25) is 0 Å². The van der Waals surface area contributed by atoms with Crippen LogP contribution in [0.1, 0.15) is 36.8 Å².